The molecule has 2 N–H and O–H groups in total. The number of Topliss-reactive ketones (excluding diaryl/α,β-unsaturated/α-hetero) is 1. The molecule has 0 fully saturated rings. The topological polar surface area (TPSA) is 108 Å². The minimum atomic E-state index is -1.02. The second-order valence-corrected chi connectivity index (χ2v) is 8.01. The molecule has 0 bridgehead atoms. The van der Waals surface area contributed by atoms with E-state index in [4.69, 9.17) is 5.11 Å². The molecule has 3 rings (SSSR count). The molecular formula is C21H22N2O5. The molecule has 1 aromatic carbocycles. The zero-order valence-corrected chi connectivity index (χ0v) is 16.0. The van der Waals surface area contributed by atoms with Crippen LogP contribution in [0, 0.1) is 5.41 Å². The highest BCUT2D eigenvalue weighted by atomic mass is 16.4. The Bertz CT molecular complexity index is 1020. The van der Waals surface area contributed by atoms with Gasteiger partial charge in [-0.3, -0.25) is 14.4 Å². The highest BCUT2D eigenvalue weighted by Gasteiger charge is 2.33. The summed E-state index contributed by atoms with van der Waals surface area (Å²) in [5.41, 5.74) is 1.06. The fraction of sp³-hybridized carbons (Fsp3) is 0.333. The predicted octanol–water partition coefficient (Wildman–Crippen LogP) is 2.50. The summed E-state index contributed by atoms with van der Waals surface area (Å²) < 4.78 is 0. The van der Waals surface area contributed by atoms with Crippen molar-refractivity contribution in [1.29, 1.82) is 0 Å². The van der Waals surface area contributed by atoms with E-state index < -0.39 is 17.4 Å². The summed E-state index contributed by atoms with van der Waals surface area (Å²) in [6, 6.07) is 7.56. The Morgan fingerprint density at radius 1 is 1.14 bits per heavy atom. The third-order valence-electron chi connectivity index (χ3n) is 4.92. The van der Waals surface area contributed by atoms with Crippen LogP contribution in [-0.4, -0.2) is 39.7 Å². The van der Waals surface area contributed by atoms with Crippen molar-refractivity contribution >= 4 is 17.7 Å². The van der Waals surface area contributed by atoms with Crippen LogP contribution in [0.3, 0.4) is 0 Å². The normalized spacial score (nSPS) is 15.0. The molecule has 1 amide bonds. The first-order chi connectivity index (χ1) is 13.1. The third-order valence-corrected chi connectivity index (χ3v) is 4.92. The first-order valence-corrected chi connectivity index (χ1v) is 8.94. The van der Waals surface area contributed by atoms with Crippen LogP contribution in [0.2, 0.25) is 0 Å². The van der Waals surface area contributed by atoms with E-state index >= 15 is 0 Å². The Hall–Kier alpha value is -3.22. The highest BCUT2D eigenvalue weighted by Crippen LogP contribution is 2.33. The van der Waals surface area contributed by atoms with Gasteiger partial charge in [0, 0.05) is 31.3 Å². The SMILES string of the molecule is CN(Cc1ccc(C(=O)O)cc1)C(=O)c1cc2c([nH]c1=O)CC(C)(C)CC2=O. The third kappa shape index (κ3) is 3.88. The molecule has 1 aliphatic rings. The molecule has 146 valence electrons. The number of carbonyl (C=O) groups excluding carboxylic acids is 2. The van der Waals surface area contributed by atoms with Gasteiger partial charge in [-0.25, -0.2) is 4.79 Å². The molecular weight excluding hydrogens is 360 g/mol. The number of nitrogens with zero attached hydrogens (tertiary/aromatic N) is 1. The van der Waals surface area contributed by atoms with Gasteiger partial charge >= 0.3 is 5.97 Å². The van der Waals surface area contributed by atoms with Gasteiger partial charge in [-0.2, -0.15) is 0 Å². The molecule has 0 saturated heterocycles. The average Bonchev–Trinajstić information content (AvgIpc) is 2.60. The van der Waals surface area contributed by atoms with Crippen LogP contribution in [0.25, 0.3) is 0 Å². The molecule has 0 radical (unpaired) electrons. The van der Waals surface area contributed by atoms with Gasteiger partial charge in [0.25, 0.3) is 11.5 Å². The zero-order chi connectivity index (χ0) is 20.6. The number of pyridine rings is 1. The Labute approximate surface area is 162 Å². The molecule has 28 heavy (non-hydrogen) atoms. The lowest BCUT2D eigenvalue weighted by atomic mass is 9.75. The number of ketones is 1. The van der Waals surface area contributed by atoms with Gasteiger partial charge in [-0.15, -0.1) is 0 Å². The van der Waals surface area contributed by atoms with Crippen molar-refractivity contribution in [2.75, 3.05) is 7.05 Å². The van der Waals surface area contributed by atoms with Gasteiger partial charge in [0.2, 0.25) is 0 Å². The number of rotatable bonds is 4. The minimum Gasteiger partial charge on any atom is -0.478 e. The summed E-state index contributed by atoms with van der Waals surface area (Å²) in [6.07, 6.45) is 0.939. The van der Waals surface area contributed by atoms with Crippen molar-refractivity contribution in [1.82, 2.24) is 9.88 Å². The van der Waals surface area contributed by atoms with Crippen molar-refractivity contribution in [3.05, 3.63) is 68.6 Å². The molecule has 0 atom stereocenters. The van der Waals surface area contributed by atoms with Crippen LogP contribution >= 0.6 is 0 Å². The van der Waals surface area contributed by atoms with Crippen LogP contribution in [0.1, 0.15) is 62.6 Å². The Morgan fingerprint density at radius 2 is 1.79 bits per heavy atom. The van der Waals surface area contributed by atoms with Crippen molar-refractivity contribution in [3.8, 4) is 0 Å². The maximum atomic E-state index is 12.8. The minimum absolute atomic E-state index is 0.0727. The number of aromatic nitrogens is 1. The number of fused-ring (bicyclic) bond motifs is 1. The number of benzene rings is 1. The van der Waals surface area contributed by atoms with E-state index in [1.54, 1.807) is 19.2 Å². The van der Waals surface area contributed by atoms with Crippen molar-refractivity contribution in [3.63, 3.8) is 0 Å². The molecule has 7 heteroatoms. The van der Waals surface area contributed by atoms with E-state index in [0.717, 1.165) is 5.56 Å². The fourth-order valence-electron chi connectivity index (χ4n) is 3.49. The zero-order valence-electron chi connectivity index (χ0n) is 16.0. The first-order valence-electron chi connectivity index (χ1n) is 8.94. The van der Waals surface area contributed by atoms with Crippen molar-refractivity contribution in [2.45, 2.75) is 33.2 Å². The number of aromatic amines is 1. The number of carboxylic acids is 1. The number of hydrogen-bond donors (Lipinski definition) is 2. The van der Waals surface area contributed by atoms with Gasteiger partial charge in [0.1, 0.15) is 5.56 Å². The van der Waals surface area contributed by atoms with E-state index in [-0.39, 0.29) is 28.9 Å². The second kappa shape index (κ2) is 7.07. The number of carbonyl (C=O) groups is 3. The van der Waals surface area contributed by atoms with E-state index in [2.05, 4.69) is 4.98 Å². The van der Waals surface area contributed by atoms with Gasteiger partial charge < -0.3 is 15.0 Å². The van der Waals surface area contributed by atoms with E-state index in [1.807, 2.05) is 13.8 Å². The molecule has 0 unspecified atom stereocenters. The summed E-state index contributed by atoms with van der Waals surface area (Å²) in [7, 11) is 1.55. The summed E-state index contributed by atoms with van der Waals surface area (Å²) in [5.74, 6) is -1.60. The lowest BCUT2D eigenvalue weighted by Crippen LogP contribution is -2.35. The number of carboxylic acid groups (broad SMARTS) is 1. The molecule has 0 spiro atoms. The molecule has 1 aliphatic carbocycles. The van der Waals surface area contributed by atoms with Crippen molar-refractivity contribution in [2.24, 2.45) is 5.41 Å². The number of aromatic carboxylic acids is 1. The monoisotopic (exact) mass is 382 g/mol. The van der Waals surface area contributed by atoms with E-state index in [0.29, 0.717) is 24.1 Å². The quantitative estimate of drug-likeness (QED) is 0.845. The molecule has 0 aliphatic heterocycles. The first kappa shape index (κ1) is 19.5. The van der Waals surface area contributed by atoms with E-state index in [1.165, 1.54) is 23.1 Å². The summed E-state index contributed by atoms with van der Waals surface area (Å²) in [6.45, 7) is 4.14. The molecule has 0 saturated carbocycles. The van der Waals surface area contributed by atoms with Crippen LogP contribution < -0.4 is 5.56 Å². The summed E-state index contributed by atoms with van der Waals surface area (Å²) >= 11 is 0. The molecule has 7 nitrogen and oxygen atoms in total. The Kier molecular flexibility index (Phi) is 4.93. The molecule has 1 aromatic heterocycles. The van der Waals surface area contributed by atoms with E-state index in [9.17, 15) is 19.2 Å². The summed E-state index contributed by atoms with van der Waals surface area (Å²) in [4.78, 5) is 52.6. The maximum absolute atomic E-state index is 12.8. The number of amides is 1. The fourth-order valence-corrected chi connectivity index (χ4v) is 3.49. The Morgan fingerprint density at radius 3 is 2.39 bits per heavy atom. The standard InChI is InChI=1S/C21H22N2O5/c1-21(2)9-16-14(17(24)10-21)8-15(18(25)22-16)19(26)23(3)11-12-4-6-13(7-5-12)20(27)28/h4-8H,9-11H2,1-3H3,(H,22,25)(H,27,28). The van der Waals surface area contributed by atoms with Crippen LogP contribution in [0.4, 0.5) is 0 Å². The van der Waals surface area contributed by atoms with Crippen LogP contribution in [0.5, 0.6) is 0 Å². The smallest absolute Gasteiger partial charge is 0.335 e. The maximum Gasteiger partial charge on any atom is 0.335 e. The van der Waals surface area contributed by atoms with Gasteiger partial charge in [-0.1, -0.05) is 26.0 Å². The largest absolute Gasteiger partial charge is 0.478 e. The predicted molar refractivity (Wildman–Crippen MR) is 103 cm³/mol. The lowest BCUT2D eigenvalue weighted by Gasteiger charge is -2.30. The lowest BCUT2D eigenvalue weighted by molar-refractivity contribution is 0.0695. The van der Waals surface area contributed by atoms with Gasteiger partial charge in [-0.05, 0) is 35.6 Å². The van der Waals surface area contributed by atoms with Gasteiger partial charge in [0.05, 0.1) is 5.56 Å². The number of hydrogen-bond acceptors (Lipinski definition) is 4. The highest BCUT2D eigenvalue weighted by molar-refractivity contribution is 6.02. The number of H-pyrrole nitrogens is 1. The molecule has 2 aromatic rings. The Balaban J connectivity index is 1.84. The average molecular weight is 382 g/mol. The van der Waals surface area contributed by atoms with Gasteiger partial charge in [0.15, 0.2) is 5.78 Å². The molecule has 1 heterocycles. The van der Waals surface area contributed by atoms with Crippen molar-refractivity contribution < 1.29 is 19.5 Å². The summed E-state index contributed by atoms with van der Waals surface area (Å²) in [5, 5.41) is 8.95. The second-order valence-electron chi connectivity index (χ2n) is 8.01. The number of nitrogens with one attached hydrogen (secondary N) is 1. The van der Waals surface area contributed by atoms with Crippen LogP contribution in [0.15, 0.2) is 35.1 Å². The van der Waals surface area contributed by atoms with Crippen LogP contribution in [-0.2, 0) is 13.0 Å².